The van der Waals surface area contributed by atoms with Crippen LogP contribution in [-0.4, -0.2) is 30.9 Å². The molecule has 0 spiro atoms. The van der Waals surface area contributed by atoms with Crippen LogP contribution in [0, 0.1) is 24.4 Å². The number of thiazole rings is 1. The number of aliphatic hydroxyl groups is 1. The first-order valence-corrected chi connectivity index (χ1v) is 10.5. The summed E-state index contributed by atoms with van der Waals surface area (Å²) >= 11 is 0.647. The number of ether oxygens (including phenoxy) is 1. The van der Waals surface area contributed by atoms with Crippen LogP contribution < -0.4 is 10.4 Å². The van der Waals surface area contributed by atoms with E-state index in [1.54, 1.807) is 0 Å². The van der Waals surface area contributed by atoms with Crippen molar-refractivity contribution < 1.29 is 31.8 Å². The number of hydrogen-bond acceptors (Lipinski definition) is 6. The second kappa shape index (κ2) is 9.35. The Kier molecular flexibility index (Phi) is 6.48. The normalized spacial score (nSPS) is 12.4. The minimum Gasteiger partial charge on any atom is -0.442 e. The van der Waals surface area contributed by atoms with Gasteiger partial charge in [-0.15, -0.1) is 0 Å². The highest BCUT2D eigenvalue weighted by Gasteiger charge is 2.25. The molecule has 0 aliphatic heterocycles. The van der Waals surface area contributed by atoms with Gasteiger partial charge in [0.1, 0.15) is 23.0 Å². The number of aryl methyl sites for hydroxylation is 1. The summed E-state index contributed by atoms with van der Waals surface area (Å²) in [7, 11) is 0. The molecular weight excluding hydrogens is 483 g/mol. The number of nitrogens with zero attached hydrogens (tertiary/aromatic N) is 4. The van der Waals surface area contributed by atoms with Crippen molar-refractivity contribution in [3.05, 3.63) is 86.9 Å². The summed E-state index contributed by atoms with van der Waals surface area (Å²) in [5.41, 5.74) is -0.897. The maximum absolute atomic E-state index is 14.7. The zero-order valence-electron chi connectivity index (χ0n) is 17.3. The first-order valence-electron chi connectivity index (χ1n) is 9.64. The van der Waals surface area contributed by atoms with Crippen LogP contribution in [-0.2, 0) is 6.54 Å². The fourth-order valence-electron chi connectivity index (χ4n) is 3.01. The van der Waals surface area contributed by atoms with Crippen LogP contribution in [0.1, 0.15) is 22.4 Å². The highest BCUT2D eigenvalue weighted by atomic mass is 32.1. The number of alkyl halides is 2. The van der Waals surface area contributed by atoms with Crippen LogP contribution in [0.3, 0.4) is 0 Å². The average Bonchev–Trinajstić information content (AvgIpc) is 3.34. The van der Waals surface area contributed by atoms with Crippen molar-refractivity contribution in [1.82, 2.24) is 19.3 Å². The fraction of sp³-hybridized carbons (Fsp3) is 0.190. The molecule has 2 aromatic heterocycles. The number of benzene rings is 2. The van der Waals surface area contributed by atoms with Gasteiger partial charge in [0.2, 0.25) is 5.06 Å². The number of halogens is 5. The summed E-state index contributed by atoms with van der Waals surface area (Å²) in [6.07, 6.45) is -4.07. The summed E-state index contributed by atoms with van der Waals surface area (Å²) in [5, 5.41) is 13.0. The molecule has 0 saturated carbocycles. The molecule has 1 atom stereocenters. The molecule has 4 aromatic rings. The van der Waals surface area contributed by atoms with E-state index in [0.717, 1.165) is 33.8 Å². The Morgan fingerprint density at radius 2 is 1.82 bits per heavy atom. The van der Waals surface area contributed by atoms with Crippen molar-refractivity contribution in [2.75, 3.05) is 0 Å². The van der Waals surface area contributed by atoms with E-state index >= 15 is 0 Å². The van der Waals surface area contributed by atoms with E-state index in [0.29, 0.717) is 11.3 Å². The molecule has 2 aromatic carbocycles. The quantitative estimate of drug-likeness (QED) is 0.383. The third kappa shape index (κ3) is 4.56. The van der Waals surface area contributed by atoms with Gasteiger partial charge >= 0.3 is 5.69 Å². The van der Waals surface area contributed by atoms with E-state index in [1.165, 1.54) is 25.1 Å². The van der Waals surface area contributed by atoms with E-state index in [9.17, 15) is 31.9 Å². The smallest absolute Gasteiger partial charge is 0.350 e. The standard InChI is InChI=1S/C21H15F5N4O3S/c1-10-20(34-19(28-10)17(31)18(25)26)33-16-6-5-11(7-15(16)24)30-21(32)29(9-27-30)8-12-13(22)3-2-4-14(12)23/h2-7,9,17-18,31H,8H2,1H3. The molecule has 34 heavy (non-hydrogen) atoms. The molecule has 7 nitrogen and oxygen atoms in total. The van der Waals surface area contributed by atoms with Crippen molar-refractivity contribution in [3.63, 3.8) is 0 Å². The molecule has 0 saturated heterocycles. The highest BCUT2D eigenvalue weighted by molar-refractivity contribution is 7.13. The minimum atomic E-state index is -3.04. The lowest BCUT2D eigenvalue weighted by molar-refractivity contribution is -0.00592. The number of rotatable bonds is 7. The Morgan fingerprint density at radius 3 is 2.47 bits per heavy atom. The van der Waals surface area contributed by atoms with Crippen molar-refractivity contribution >= 4 is 11.3 Å². The van der Waals surface area contributed by atoms with Crippen molar-refractivity contribution in [3.8, 4) is 16.5 Å². The Labute approximate surface area is 192 Å². The Bertz CT molecular complexity index is 1380. The van der Waals surface area contributed by atoms with Crippen LogP contribution >= 0.6 is 11.3 Å². The minimum absolute atomic E-state index is 0.00899. The molecule has 0 aliphatic rings. The number of aromatic nitrogens is 4. The second-order valence-electron chi connectivity index (χ2n) is 7.07. The first-order chi connectivity index (χ1) is 16.2. The SMILES string of the molecule is Cc1nc(C(O)C(F)F)sc1Oc1ccc(-n2ncn(Cc3c(F)cccc3F)c2=O)cc1F. The Hall–Kier alpha value is -3.58. The largest absolute Gasteiger partial charge is 0.442 e. The van der Waals surface area contributed by atoms with Crippen molar-refractivity contribution in [2.45, 2.75) is 26.0 Å². The zero-order chi connectivity index (χ0) is 24.6. The van der Waals surface area contributed by atoms with Crippen LogP contribution in [0.5, 0.6) is 10.8 Å². The van der Waals surface area contributed by atoms with Crippen LogP contribution in [0.4, 0.5) is 22.0 Å². The van der Waals surface area contributed by atoms with E-state index < -0.39 is 42.2 Å². The maximum atomic E-state index is 14.7. The molecule has 178 valence electrons. The predicted octanol–water partition coefficient (Wildman–Crippen LogP) is 4.36. The molecule has 0 radical (unpaired) electrons. The van der Waals surface area contributed by atoms with Crippen LogP contribution in [0.15, 0.2) is 47.5 Å². The van der Waals surface area contributed by atoms with E-state index in [1.807, 2.05) is 0 Å². The van der Waals surface area contributed by atoms with Crippen LogP contribution in [0.25, 0.3) is 5.69 Å². The number of hydrogen-bond donors (Lipinski definition) is 1. The molecule has 2 heterocycles. The summed E-state index contributed by atoms with van der Waals surface area (Å²) in [6.45, 7) is 1.03. The van der Waals surface area contributed by atoms with Gasteiger partial charge in [0, 0.05) is 11.6 Å². The Morgan fingerprint density at radius 1 is 1.12 bits per heavy atom. The monoisotopic (exact) mass is 498 g/mol. The third-order valence-electron chi connectivity index (χ3n) is 4.75. The third-order valence-corrected chi connectivity index (χ3v) is 5.85. The van der Waals surface area contributed by atoms with E-state index in [4.69, 9.17) is 4.74 Å². The molecule has 0 amide bonds. The topological polar surface area (TPSA) is 82.2 Å². The molecule has 0 aliphatic carbocycles. The van der Waals surface area contributed by atoms with Crippen molar-refractivity contribution in [2.24, 2.45) is 0 Å². The second-order valence-corrected chi connectivity index (χ2v) is 8.07. The summed E-state index contributed by atoms with van der Waals surface area (Å²) < 4.78 is 75.0. The molecular formula is C21H15F5N4O3S. The van der Waals surface area contributed by atoms with Gasteiger partial charge in [0.15, 0.2) is 17.7 Å². The van der Waals surface area contributed by atoms with Gasteiger partial charge in [-0.25, -0.2) is 31.7 Å². The van der Waals surface area contributed by atoms with Gasteiger partial charge in [-0.1, -0.05) is 17.4 Å². The summed E-state index contributed by atoms with van der Waals surface area (Å²) in [5.74, 6) is -2.83. The molecule has 1 unspecified atom stereocenters. The molecule has 4 rings (SSSR count). The Balaban J connectivity index is 1.57. The lowest BCUT2D eigenvalue weighted by Gasteiger charge is -2.07. The number of aliphatic hydroxyl groups excluding tert-OH is 1. The maximum Gasteiger partial charge on any atom is 0.350 e. The first kappa shape index (κ1) is 23.6. The molecule has 0 fully saturated rings. The molecule has 1 N–H and O–H groups in total. The van der Waals surface area contributed by atoms with Gasteiger partial charge in [-0.2, -0.15) is 9.78 Å². The zero-order valence-corrected chi connectivity index (χ0v) is 18.1. The van der Waals surface area contributed by atoms with Gasteiger partial charge < -0.3 is 9.84 Å². The fourth-order valence-corrected chi connectivity index (χ4v) is 3.93. The van der Waals surface area contributed by atoms with Gasteiger partial charge in [-0.05, 0) is 31.2 Å². The summed E-state index contributed by atoms with van der Waals surface area (Å²) in [4.78, 5) is 16.4. The van der Waals surface area contributed by atoms with Gasteiger partial charge in [-0.3, -0.25) is 4.57 Å². The van der Waals surface area contributed by atoms with E-state index in [-0.39, 0.29) is 32.8 Å². The van der Waals surface area contributed by atoms with Crippen molar-refractivity contribution in [1.29, 1.82) is 0 Å². The lowest BCUT2D eigenvalue weighted by atomic mass is 10.2. The predicted molar refractivity (Wildman–Crippen MR) is 111 cm³/mol. The molecule has 0 bridgehead atoms. The molecule has 13 heteroatoms. The highest BCUT2D eigenvalue weighted by Crippen LogP contribution is 2.36. The average molecular weight is 498 g/mol. The van der Waals surface area contributed by atoms with E-state index in [2.05, 4.69) is 10.1 Å². The summed E-state index contributed by atoms with van der Waals surface area (Å²) in [6, 6.07) is 6.76. The van der Waals surface area contributed by atoms with Gasteiger partial charge in [0.25, 0.3) is 6.43 Å². The van der Waals surface area contributed by atoms with Gasteiger partial charge in [0.05, 0.1) is 17.9 Å². The van der Waals surface area contributed by atoms with Crippen LogP contribution in [0.2, 0.25) is 0 Å². The lowest BCUT2D eigenvalue weighted by Crippen LogP contribution is -2.24.